The fourth-order valence-corrected chi connectivity index (χ4v) is 3.83. The molecule has 2 atom stereocenters. The molecule has 1 aliphatic rings. The van der Waals surface area contributed by atoms with E-state index in [1.165, 1.54) is 11.1 Å². The lowest BCUT2D eigenvalue weighted by Gasteiger charge is -2.29. The third-order valence-corrected chi connectivity index (χ3v) is 4.97. The Labute approximate surface area is 132 Å². The SMILES string of the molecule is Fc1cc(Cl)c(C(Cl)C2CCCc3ccccc32)cc1F. The zero-order chi connectivity index (χ0) is 15.0. The molecule has 0 saturated carbocycles. The van der Waals surface area contributed by atoms with Crippen LogP contribution in [0.2, 0.25) is 5.02 Å². The maximum atomic E-state index is 13.5. The van der Waals surface area contributed by atoms with Crippen LogP contribution >= 0.6 is 23.2 Å². The first-order chi connectivity index (χ1) is 10.1. The van der Waals surface area contributed by atoms with Crippen molar-refractivity contribution in [2.75, 3.05) is 0 Å². The Balaban J connectivity index is 2.00. The van der Waals surface area contributed by atoms with E-state index < -0.39 is 17.0 Å². The van der Waals surface area contributed by atoms with E-state index in [2.05, 4.69) is 12.1 Å². The first-order valence-corrected chi connectivity index (χ1v) is 7.75. The molecule has 0 spiro atoms. The standard InChI is InChI=1S/C17H14Cl2F2/c18-14-9-16(21)15(20)8-13(14)17(19)12-7-3-5-10-4-1-2-6-11(10)12/h1-2,4,6,8-9,12,17H,3,5,7H2. The first kappa shape index (κ1) is 14.8. The highest BCUT2D eigenvalue weighted by Gasteiger charge is 2.29. The largest absolute Gasteiger partial charge is 0.204 e. The maximum absolute atomic E-state index is 13.5. The van der Waals surface area contributed by atoms with E-state index in [1.807, 2.05) is 12.1 Å². The lowest BCUT2D eigenvalue weighted by Crippen LogP contribution is -2.14. The van der Waals surface area contributed by atoms with Crippen LogP contribution in [0.3, 0.4) is 0 Å². The molecule has 0 aromatic heterocycles. The number of hydrogen-bond acceptors (Lipinski definition) is 0. The molecule has 0 heterocycles. The van der Waals surface area contributed by atoms with Crippen LogP contribution in [0, 0.1) is 11.6 Å². The van der Waals surface area contributed by atoms with Crippen molar-refractivity contribution in [3.63, 3.8) is 0 Å². The second-order valence-corrected chi connectivity index (χ2v) is 6.26. The van der Waals surface area contributed by atoms with Crippen molar-refractivity contribution in [3.05, 3.63) is 69.7 Å². The van der Waals surface area contributed by atoms with Crippen LogP contribution in [-0.4, -0.2) is 0 Å². The highest BCUT2D eigenvalue weighted by atomic mass is 35.5. The summed E-state index contributed by atoms with van der Waals surface area (Å²) in [6, 6.07) is 10.3. The number of hydrogen-bond donors (Lipinski definition) is 0. The van der Waals surface area contributed by atoms with Crippen LogP contribution in [0.5, 0.6) is 0 Å². The molecular formula is C17H14Cl2F2. The van der Waals surface area contributed by atoms with Gasteiger partial charge >= 0.3 is 0 Å². The summed E-state index contributed by atoms with van der Waals surface area (Å²) in [5.41, 5.74) is 2.92. The van der Waals surface area contributed by atoms with Gasteiger partial charge < -0.3 is 0 Å². The third-order valence-electron chi connectivity index (χ3n) is 4.11. The molecule has 0 aliphatic heterocycles. The predicted molar refractivity (Wildman–Crippen MR) is 82.1 cm³/mol. The number of fused-ring (bicyclic) bond motifs is 1. The minimum atomic E-state index is -0.948. The third kappa shape index (κ3) is 2.79. The summed E-state index contributed by atoms with van der Waals surface area (Å²) < 4.78 is 26.7. The second-order valence-electron chi connectivity index (χ2n) is 5.39. The Hall–Kier alpha value is -1.12. The minimum absolute atomic E-state index is 0.0685. The van der Waals surface area contributed by atoms with Gasteiger partial charge in [0.15, 0.2) is 11.6 Å². The topological polar surface area (TPSA) is 0 Å². The number of rotatable bonds is 2. The van der Waals surface area contributed by atoms with Crippen molar-refractivity contribution in [2.24, 2.45) is 0 Å². The lowest BCUT2D eigenvalue weighted by molar-refractivity contribution is 0.501. The maximum Gasteiger partial charge on any atom is 0.160 e. The molecule has 0 nitrogen and oxygen atoms in total. The van der Waals surface area contributed by atoms with Gasteiger partial charge in [-0.05, 0) is 48.1 Å². The van der Waals surface area contributed by atoms with E-state index in [9.17, 15) is 8.78 Å². The van der Waals surface area contributed by atoms with Gasteiger partial charge in [0.2, 0.25) is 0 Å². The molecule has 0 fully saturated rings. The van der Waals surface area contributed by atoms with Crippen LogP contribution in [0.1, 0.15) is 40.8 Å². The average Bonchev–Trinajstić information content (AvgIpc) is 2.49. The molecule has 2 aromatic carbocycles. The molecule has 110 valence electrons. The highest BCUT2D eigenvalue weighted by Crippen LogP contribution is 2.45. The van der Waals surface area contributed by atoms with Gasteiger partial charge in [0.1, 0.15) is 0 Å². The number of benzene rings is 2. The summed E-state index contributed by atoms with van der Waals surface area (Å²) in [7, 11) is 0. The monoisotopic (exact) mass is 326 g/mol. The summed E-state index contributed by atoms with van der Waals surface area (Å²) in [4.78, 5) is 0. The van der Waals surface area contributed by atoms with E-state index in [1.54, 1.807) is 0 Å². The highest BCUT2D eigenvalue weighted by molar-refractivity contribution is 6.32. The van der Waals surface area contributed by atoms with E-state index >= 15 is 0 Å². The van der Waals surface area contributed by atoms with Gasteiger partial charge in [-0.1, -0.05) is 35.9 Å². The number of aryl methyl sites for hydroxylation is 1. The van der Waals surface area contributed by atoms with Crippen LogP contribution in [0.4, 0.5) is 8.78 Å². The normalized spacial score (nSPS) is 19.1. The van der Waals surface area contributed by atoms with Crippen LogP contribution in [0.15, 0.2) is 36.4 Å². The zero-order valence-electron chi connectivity index (χ0n) is 11.3. The van der Waals surface area contributed by atoms with Crippen LogP contribution < -0.4 is 0 Å². The molecule has 2 unspecified atom stereocenters. The fourth-order valence-electron chi connectivity index (χ4n) is 3.06. The number of alkyl halides is 1. The summed E-state index contributed by atoms with van der Waals surface area (Å²) in [5.74, 6) is -1.79. The molecule has 0 bridgehead atoms. The smallest absolute Gasteiger partial charge is 0.160 e. The molecule has 0 radical (unpaired) electrons. The molecule has 3 rings (SSSR count). The summed E-state index contributed by atoms with van der Waals surface area (Å²) in [6.45, 7) is 0. The van der Waals surface area contributed by atoms with Crippen molar-refractivity contribution in [2.45, 2.75) is 30.6 Å². The van der Waals surface area contributed by atoms with Crippen LogP contribution in [-0.2, 0) is 6.42 Å². The predicted octanol–water partition coefficient (Wildman–Crippen LogP) is 6.02. The molecule has 1 aliphatic carbocycles. The molecule has 2 aromatic rings. The fraction of sp³-hybridized carbons (Fsp3) is 0.294. The Morgan fingerprint density at radius 3 is 2.62 bits per heavy atom. The summed E-state index contributed by atoms with van der Waals surface area (Å²) in [5, 5.41) is -0.286. The van der Waals surface area contributed by atoms with Gasteiger partial charge in [-0.3, -0.25) is 0 Å². The quantitative estimate of drug-likeness (QED) is 0.467. The molecule has 0 amide bonds. The molecule has 4 heteroatoms. The second kappa shape index (κ2) is 5.94. The van der Waals surface area contributed by atoms with Crippen molar-refractivity contribution < 1.29 is 8.78 Å². The van der Waals surface area contributed by atoms with Gasteiger partial charge in [0, 0.05) is 10.9 Å². The Morgan fingerprint density at radius 2 is 1.81 bits per heavy atom. The van der Waals surface area contributed by atoms with E-state index in [4.69, 9.17) is 23.2 Å². The van der Waals surface area contributed by atoms with Gasteiger partial charge in [0.05, 0.1) is 5.38 Å². The summed E-state index contributed by atoms with van der Waals surface area (Å²) in [6.07, 6.45) is 2.98. The molecule has 21 heavy (non-hydrogen) atoms. The van der Waals surface area contributed by atoms with Crippen molar-refractivity contribution in [1.29, 1.82) is 0 Å². The number of halogens is 4. The van der Waals surface area contributed by atoms with Gasteiger partial charge in [-0.25, -0.2) is 8.78 Å². The Bertz CT molecular complexity index is 670. The molecule has 0 saturated heterocycles. The van der Waals surface area contributed by atoms with E-state index in [0.717, 1.165) is 31.4 Å². The first-order valence-electron chi connectivity index (χ1n) is 6.94. The van der Waals surface area contributed by atoms with Crippen molar-refractivity contribution in [3.8, 4) is 0 Å². The zero-order valence-corrected chi connectivity index (χ0v) is 12.8. The van der Waals surface area contributed by atoms with Crippen molar-refractivity contribution in [1.82, 2.24) is 0 Å². The van der Waals surface area contributed by atoms with E-state index in [-0.39, 0.29) is 10.9 Å². The van der Waals surface area contributed by atoms with Crippen molar-refractivity contribution >= 4 is 23.2 Å². The van der Waals surface area contributed by atoms with Gasteiger partial charge in [0.25, 0.3) is 0 Å². The van der Waals surface area contributed by atoms with Gasteiger partial charge in [-0.15, -0.1) is 11.6 Å². The Kier molecular flexibility index (Phi) is 4.19. The Morgan fingerprint density at radius 1 is 1.10 bits per heavy atom. The summed E-state index contributed by atoms with van der Waals surface area (Å²) >= 11 is 12.6. The van der Waals surface area contributed by atoms with Gasteiger partial charge in [-0.2, -0.15) is 0 Å². The average molecular weight is 327 g/mol. The molecular weight excluding hydrogens is 313 g/mol. The van der Waals surface area contributed by atoms with Crippen LogP contribution in [0.25, 0.3) is 0 Å². The molecule has 0 N–H and O–H groups in total. The lowest BCUT2D eigenvalue weighted by atomic mass is 9.79. The minimum Gasteiger partial charge on any atom is -0.204 e. The van der Waals surface area contributed by atoms with E-state index in [0.29, 0.717) is 5.56 Å².